The number of hydrogen-bond acceptors (Lipinski definition) is 2. The Bertz CT molecular complexity index is 673. The zero-order chi connectivity index (χ0) is 13.3. The lowest BCUT2D eigenvalue weighted by Gasteiger charge is -2.23. The maximum atomic E-state index is 11.6. The van der Waals surface area contributed by atoms with Crippen LogP contribution in [0.2, 0.25) is 0 Å². The van der Waals surface area contributed by atoms with E-state index in [1.807, 2.05) is 60.7 Å². The second-order valence-electron chi connectivity index (χ2n) is 4.45. The molecule has 0 bridgehead atoms. The van der Waals surface area contributed by atoms with Gasteiger partial charge in [-0.1, -0.05) is 66.6 Å². The Hall–Kier alpha value is -2.66. The van der Waals surface area contributed by atoms with Crippen molar-refractivity contribution in [3.05, 3.63) is 75.7 Å². The van der Waals surface area contributed by atoms with Gasteiger partial charge in [0.2, 0.25) is 5.54 Å². The summed E-state index contributed by atoms with van der Waals surface area (Å²) in [5, 5.41) is 3.31. The van der Waals surface area contributed by atoms with Crippen molar-refractivity contribution >= 4 is 12.2 Å². The molecular formula is C17H11NO. The fourth-order valence-corrected chi connectivity index (χ4v) is 2.55. The summed E-state index contributed by atoms with van der Waals surface area (Å²) in [4.78, 5) is 11.6. The number of benzene rings is 2. The lowest BCUT2D eigenvalue weighted by molar-refractivity contribution is 0.704. The van der Waals surface area contributed by atoms with E-state index in [2.05, 4.69) is 11.1 Å². The minimum atomic E-state index is -1.25. The van der Waals surface area contributed by atoms with Crippen molar-refractivity contribution in [2.45, 2.75) is 5.54 Å². The van der Waals surface area contributed by atoms with Crippen LogP contribution in [0.5, 0.6) is 0 Å². The molecule has 0 N–H and O–H groups in total. The fourth-order valence-electron chi connectivity index (χ4n) is 2.55. The molecule has 2 aromatic rings. The molecule has 19 heavy (non-hydrogen) atoms. The Morgan fingerprint density at radius 1 is 0.895 bits per heavy atom. The average molecular weight is 245 g/mol. The Labute approximate surface area is 111 Å². The monoisotopic (exact) mass is 245 g/mol. The van der Waals surface area contributed by atoms with Gasteiger partial charge in [-0.2, -0.15) is 0 Å². The lowest BCUT2D eigenvalue weighted by Crippen LogP contribution is -2.24. The summed E-state index contributed by atoms with van der Waals surface area (Å²) in [7, 11) is 0. The van der Waals surface area contributed by atoms with Gasteiger partial charge >= 0.3 is 0 Å². The van der Waals surface area contributed by atoms with Gasteiger partial charge in [0.25, 0.3) is 0 Å². The first-order valence-electron chi connectivity index (χ1n) is 6.01. The lowest BCUT2D eigenvalue weighted by atomic mass is 9.81. The van der Waals surface area contributed by atoms with Crippen LogP contribution >= 0.6 is 0 Å². The zero-order valence-corrected chi connectivity index (χ0v) is 10.2. The van der Waals surface area contributed by atoms with Gasteiger partial charge in [-0.25, -0.2) is 0 Å². The van der Waals surface area contributed by atoms with Crippen molar-refractivity contribution in [2.75, 3.05) is 0 Å². The second kappa shape index (κ2) is 4.22. The smallest absolute Gasteiger partial charge is 0.148 e. The first kappa shape index (κ1) is 11.4. The van der Waals surface area contributed by atoms with Crippen molar-refractivity contribution in [3.8, 4) is 12.3 Å². The molecule has 0 spiro atoms. The van der Waals surface area contributed by atoms with Gasteiger partial charge < -0.3 is 0 Å². The molecule has 0 saturated carbocycles. The highest BCUT2D eigenvalue weighted by atomic mass is 16.3. The second-order valence-corrected chi connectivity index (χ2v) is 4.45. The normalized spacial score (nSPS) is 14.7. The van der Waals surface area contributed by atoms with E-state index >= 15 is 0 Å². The van der Waals surface area contributed by atoms with Gasteiger partial charge in [-0.05, 0) is 16.3 Å². The van der Waals surface area contributed by atoms with E-state index in [1.165, 1.54) is 0 Å². The highest BCUT2D eigenvalue weighted by Crippen LogP contribution is 2.40. The van der Waals surface area contributed by atoms with Crippen LogP contribution < -0.4 is 0 Å². The standard InChI is InChI=1S/C17H11NO/c1-2-17(18-19)15-9-5-3-7-13(15)11-12-14-8-4-6-10-16(14)17/h1,3-12H. The summed E-state index contributed by atoms with van der Waals surface area (Å²) in [6, 6.07) is 15.2. The van der Waals surface area contributed by atoms with E-state index in [4.69, 9.17) is 6.42 Å². The average Bonchev–Trinajstić information content (AvgIpc) is 2.62. The molecule has 1 aliphatic rings. The molecule has 2 aromatic carbocycles. The highest BCUT2D eigenvalue weighted by Gasteiger charge is 2.38. The van der Waals surface area contributed by atoms with Gasteiger partial charge in [0, 0.05) is 11.1 Å². The van der Waals surface area contributed by atoms with Gasteiger partial charge in [0.05, 0.1) is 0 Å². The third-order valence-electron chi connectivity index (χ3n) is 3.49. The predicted molar refractivity (Wildman–Crippen MR) is 77.2 cm³/mol. The summed E-state index contributed by atoms with van der Waals surface area (Å²) in [5.74, 6) is 2.60. The molecule has 0 amide bonds. The van der Waals surface area contributed by atoms with Crippen molar-refractivity contribution in [3.63, 3.8) is 0 Å². The third-order valence-corrected chi connectivity index (χ3v) is 3.49. The van der Waals surface area contributed by atoms with Crippen LogP contribution in [0.25, 0.3) is 12.2 Å². The Kier molecular flexibility index (Phi) is 2.54. The zero-order valence-electron chi connectivity index (χ0n) is 10.2. The molecule has 0 unspecified atom stereocenters. The molecule has 0 heterocycles. The van der Waals surface area contributed by atoms with Gasteiger partial charge in [-0.3, -0.25) is 0 Å². The number of nitrogens with zero attached hydrogens (tertiary/aromatic N) is 1. The van der Waals surface area contributed by atoms with E-state index in [-0.39, 0.29) is 0 Å². The molecule has 3 rings (SSSR count). The molecule has 0 fully saturated rings. The highest BCUT2D eigenvalue weighted by molar-refractivity contribution is 5.78. The van der Waals surface area contributed by atoms with Gasteiger partial charge in [0.15, 0.2) is 0 Å². The third kappa shape index (κ3) is 1.52. The van der Waals surface area contributed by atoms with Crippen molar-refractivity contribution in [2.24, 2.45) is 5.18 Å². The molecule has 2 nitrogen and oxygen atoms in total. The molecule has 1 aliphatic carbocycles. The quantitative estimate of drug-likeness (QED) is 0.555. The molecule has 0 saturated heterocycles. The number of terminal acetylenes is 1. The molecule has 0 radical (unpaired) electrons. The molecule has 0 aromatic heterocycles. The van der Waals surface area contributed by atoms with Crippen LogP contribution in [-0.2, 0) is 5.54 Å². The van der Waals surface area contributed by atoms with Crippen LogP contribution in [-0.4, -0.2) is 0 Å². The van der Waals surface area contributed by atoms with Gasteiger partial charge in [-0.15, -0.1) is 11.3 Å². The van der Waals surface area contributed by atoms with Crippen LogP contribution in [0.4, 0.5) is 0 Å². The molecular weight excluding hydrogens is 234 g/mol. The fraction of sp³-hybridized carbons (Fsp3) is 0.0588. The van der Waals surface area contributed by atoms with Gasteiger partial charge in [0.1, 0.15) is 0 Å². The Balaban J connectivity index is 2.44. The number of hydrogen-bond donors (Lipinski definition) is 0. The molecule has 0 aliphatic heterocycles. The number of fused-ring (bicyclic) bond motifs is 2. The SMILES string of the molecule is C#CC1(N=O)c2ccccc2C=Cc2ccccc21. The molecule has 0 atom stereocenters. The predicted octanol–water partition coefficient (Wildman–Crippen LogP) is 3.81. The van der Waals surface area contributed by atoms with E-state index in [0.717, 1.165) is 22.3 Å². The first-order chi connectivity index (χ1) is 9.31. The van der Waals surface area contributed by atoms with Crippen LogP contribution in [0, 0.1) is 17.3 Å². The van der Waals surface area contributed by atoms with E-state index in [9.17, 15) is 4.91 Å². The molecule has 2 heteroatoms. The Morgan fingerprint density at radius 3 is 1.79 bits per heavy atom. The largest absolute Gasteiger partial charge is 0.213 e. The van der Waals surface area contributed by atoms with E-state index in [0.29, 0.717) is 0 Å². The topological polar surface area (TPSA) is 29.4 Å². The van der Waals surface area contributed by atoms with E-state index < -0.39 is 5.54 Å². The maximum absolute atomic E-state index is 11.6. The van der Waals surface area contributed by atoms with E-state index in [1.54, 1.807) is 0 Å². The van der Waals surface area contributed by atoms with Crippen molar-refractivity contribution < 1.29 is 0 Å². The van der Waals surface area contributed by atoms with Crippen molar-refractivity contribution in [1.29, 1.82) is 0 Å². The van der Waals surface area contributed by atoms with Crippen LogP contribution in [0.1, 0.15) is 22.3 Å². The summed E-state index contributed by atoms with van der Waals surface area (Å²) >= 11 is 0. The summed E-state index contributed by atoms with van der Waals surface area (Å²) in [5.41, 5.74) is 2.12. The molecule has 90 valence electrons. The van der Waals surface area contributed by atoms with Crippen molar-refractivity contribution in [1.82, 2.24) is 0 Å². The van der Waals surface area contributed by atoms with Crippen LogP contribution in [0.15, 0.2) is 53.7 Å². The maximum Gasteiger partial charge on any atom is 0.213 e. The first-order valence-corrected chi connectivity index (χ1v) is 6.01. The minimum absolute atomic E-state index is 0.758. The number of nitroso groups, excluding NO2 is 1. The summed E-state index contributed by atoms with van der Waals surface area (Å²) in [6.07, 6.45) is 9.62. The summed E-state index contributed by atoms with van der Waals surface area (Å²) < 4.78 is 0. The number of rotatable bonds is 1. The minimum Gasteiger partial charge on any atom is -0.148 e. The Morgan fingerprint density at radius 2 is 1.37 bits per heavy atom. The summed E-state index contributed by atoms with van der Waals surface area (Å²) in [6.45, 7) is 0. The van der Waals surface area contributed by atoms with Crippen LogP contribution in [0.3, 0.4) is 0 Å².